The second kappa shape index (κ2) is 8.53. The zero-order chi connectivity index (χ0) is 20.4. The van der Waals surface area contributed by atoms with Crippen LogP contribution in [0.5, 0.6) is 5.75 Å². The summed E-state index contributed by atoms with van der Waals surface area (Å²) in [6.45, 7) is 3.46. The number of ether oxygens (including phenoxy) is 1. The fourth-order valence-electron chi connectivity index (χ4n) is 4.68. The second-order valence-electron chi connectivity index (χ2n) is 8.23. The summed E-state index contributed by atoms with van der Waals surface area (Å²) in [5, 5.41) is 0. The van der Waals surface area contributed by atoms with Gasteiger partial charge < -0.3 is 9.64 Å². The zero-order valence-corrected chi connectivity index (χ0v) is 17.0. The molecule has 1 atom stereocenters. The van der Waals surface area contributed by atoms with Gasteiger partial charge in [-0.05, 0) is 56.5 Å². The number of likely N-dealkylation sites (tertiary alicyclic amines) is 3. The van der Waals surface area contributed by atoms with E-state index in [1.54, 1.807) is 7.11 Å². The van der Waals surface area contributed by atoms with Gasteiger partial charge in [-0.3, -0.25) is 24.2 Å². The number of methoxy groups -OCH3 is 1. The summed E-state index contributed by atoms with van der Waals surface area (Å²) in [6.07, 6.45) is 3.98. The number of carbonyl (C=O) groups is 3. The predicted octanol–water partition coefficient (Wildman–Crippen LogP) is 1.66. The first-order valence-electron chi connectivity index (χ1n) is 10.6. The average molecular weight is 399 g/mol. The number of carbonyl (C=O) groups excluding carboxylic acids is 3. The van der Waals surface area contributed by atoms with Crippen LogP contribution >= 0.6 is 0 Å². The lowest BCUT2D eigenvalue weighted by atomic mass is 9.94. The Morgan fingerprint density at radius 2 is 1.69 bits per heavy atom. The van der Waals surface area contributed by atoms with Gasteiger partial charge in [0, 0.05) is 19.0 Å². The number of rotatable bonds is 5. The Hall–Kier alpha value is -2.41. The summed E-state index contributed by atoms with van der Waals surface area (Å²) in [7, 11) is 1.61. The van der Waals surface area contributed by atoms with Crippen molar-refractivity contribution in [3.63, 3.8) is 0 Å². The van der Waals surface area contributed by atoms with Crippen molar-refractivity contribution < 1.29 is 19.1 Å². The van der Waals surface area contributed by atoms with Gasteiger partial charge >= 0.3 is 0 Å². The van der Waals surface area contributed by atoms with Gasteiger partial charge in [0.15, 0.2) is 0 Å². The Kier molecular flexibility index (Phi) is 5.85. The standard InChI is InChI=1S/C22H29N3O4/c1-29-18-6-4-16(5-7-18)15-25-20(26)14-19(22(25)28)23-12-8-17(9-13-23)21(27)24-10-2-3-11-24/h4-7,17,19H,2-3,8-15H2,1H3. The molecule has 0 bridgehead atoms. The zero-order valence-electron chi connectivity index (χ0n) is 17.0. The first-order valence-corrected chi connectivity index (χ1v) is 10.6. The molecule has 3 amide bonds. The number of nitrogens with zero attached hydrogens (tertiary/aromatic N) is 3. The molecule has 0 aromatic heterocycles. The van der Waals surface area contributed by atoms with E-state index < -0.39 is 0 Å². The van der Waals surface area contributed by atoms with Gasteiger partial charge in [-0.1, -0.05) is 12.1 Å². The maximum atomic E-state index is 12.9. The van der Waals surface area contributed by atoms with Gasteiger partial charge in [-0.15, -0.1) is 0 Å². The van der Waals surface area contributed by atoms with Crippen molar-refractivity contribution in [2.45, 2.75) is 44.7 Å². The van der Waals surface area contributed by atoms with Crippen molar-refractivity contribution in [1.82, 2.24) is 14.7 Å². The van der Waals surface area contributed by atoms with E-state index in [4.69, 9.17) is 4.74 Å². The molecule has 0 radical (unpaired) electrons. The summed E-state index contributed by atoms with van der Waals surface area (Å²) >= 11 is 0. The Labute approximate surface area is 171 Å². The summed E-state index contributed by atoms with van der Waals surface area (Å²) in [6, 6.07) is 7.04. The first-order chi connectivity index (χ1) is 14.1. The van der Waals surface area contributed by atoms with Crippen molar-refractivity contribution in [2.24, 2.45) is 5.92 Å². The normalized spacial score (nSPS) is 23.8. The number of hydrogen-bond acceptors (Lipinski definition) is 5. The molecule has 3 fully saturated rings. The summed E-state index contributed by atoms with van der Waals surface area (Å²) in [4.78, 5) is 43.5. The number of hydrogen-bond donors (Lipinski definition) is 0. The molecule has 1 unspecified atom stereocenters. The van der Waals surface area contributed by atoms with Crippen LogP contribution in [0.15, 0.2) is 24.3 Å². The van der Waals surface area contributed by atoms with Crippen LogP contribution < -0.4 is 4.74 Å². The lowest BCUT2D eigenvalue weighted by molar-refractivity contribution is -0.140. The fourth-order valence-corrected chi connectivity index (χ4v) is 4.68. The molecule has 3 heterocycles. The summed E-state index contributed by atoms with van der Waals surface area (Å²) in [5.74, 6) is 0.849. The Balaban J connectivity index is 1.33. The van der Waals surface area contributed by atoms with Crippen LogP contribution in [0.4, 0.5) is 0 Å². The van der Waals surface area contributed by atoms with E-state index in [1.807, 2.05) is 29.2 Å². The third-order valence-corrected chi connectivity index (χ3v) is 6.46. The van der Waals surface area contributed by atoms with E-state index in [9.17, 15) is 14.4 Å². The Morgan fingerprint density at radius 3 is 2.31 bits per heavy atom. The molecule has 1 aromatic carbocycles. The van der Waals surface area contributed by atoms with Crippen LogP contribution in [-0.4, -0.2) is 71.8 Å². The number of piperidine rings is 1. The van der Waals surface area contributed by atoms with Crippen molar-refractivity contribution in [1.29, 1.82) is 0 Å². The highest BCUT2D eigenvalue weighted by Crippen LogP contribution is 2.28. The largest absolute Gasteiger partial charge is 0.497 e. The molecule has 3 aliphatic rings. The number of amides is 3. The monoisotopic (exact) mass is 399 g/mol. The number of benzene rings is 1. The molecule has 7 heteroatoms. The van der Waals surface area contributed by atoms with Crippen LogP contribution in [0.2, 0.25) is 0 Å². The Bertz CT molecular complexity index is 765. The third kappa shape index (κ3) is 4.15. The van der Waals surface area contributed by atoms with Crippen molar-refractivity contribution in [3.8, 4) is 5.75 Å². The molecule has 156 valence electrons. The van der Waals surface area contributed by atoms with Gasteiger partial charge in [0.2, 0.25) is 17.7 Å². The molecule has 0 N–H and O–H groups in total. The first kappa shape index (κ1) is 19.9. The molecule has 0 aliphatic carbocycles. The van der Waals surface area contributed by atoms with E-state index in [2.05, 4.69) is 4.90 Å². The highest BCUT2D eigenvalue weighted by Gasteiger charge is 2.43. The molecule has 1 aromatic rings. The van der Waals surface area contributed by atoms with Gasteiger partial charge in [-0.25, -0.2) is 0 Å². The minimum Gasteiger partial charge on any atom is -0.497 e. The minimum absolute atomic E-state index is 0.0620. The van der Waals surface area contributed by atoms with Gasteiger partial charge in [-0.2, -0.15) is 0 Å². The molecule has 4 rings (SSSR count). The smallest absolute Gasteiger partial charge is 0.247 e. The van der Waals surface area contributed by atoms with E-state index in [0.717, 1.165) is 50.1 Å². The highest BCUT2D eigenvalue weighted by atomic mass is 16.5. The molecule has 0 spiro atoms. The third-order valence-electron chi connectivity index (χ3n) is 6.46. The predicted molar refractivity (Wildman–Crippen MR) is 107 cm³/mol. The van der Waals surface area contributed by atoms with Crippen molar-refractivity contribution in [2.75, 3.05) is 33.3 Å². The second-order valence-corrected chi connectivity index (χ2v) is 8.23. The van der Waals surface area contributed by atoms with Gasteiger partial charge in [0.05, 0.1) is 26.1 Å². The quantitative estimate of drug-likeness (QED) is 0.705. The van der Waals surface area contributed by atoms with Crippen LogP contribution in [0.1, 0.15) is 37.7 Å². The summed E-state index contributed by atoms with van der Waals surface area (Å²) < 4.78 is 5.15. The molecular formula is C22H29N3O4. The summed E-state index contributed by atoms with van der Waals surface area (Å²) in [5.41, 5.74) is 0.906. The van der Waals surface area contributed by atoms with Gasteiger partial charge in [0.25, 0.3) is 0 Å². The molecule has 3 aliphatic heterocycles. The van der Waals surface area contributed by atoms with E-state index >= 15 is 0 Å². The van der Waals surface area contributed by atoms with Crippen LogP contribution in [-0.2, 0) is 20.9 Å². The topological polar surface area (TPSA) is 70.2 Å². The van der Waals surface area contributed by atoms with Crippen LogP contribution in [0.25, 0.3) is 0 Å². The molecule has 0 saturated carbocycles. The molecule has 7 nitrogen and oxygen atoms in total. The molecule has 3 saturated heterocycles. The van der Waals surface area contributed by atoms with Gasteiger partial charge in [0.1, 0.15) is 5.75 Å². The van der Waals surface area contributed by atoms with Crippen molar-refractivity contribution in [3.05, 3.63) is 29.8 Å². The highest BCUT2D eigenvalue weighted by molar-refractivity contribution is 6.05. The Morgan fingerprint density at radius 1 is 1.03 bits per heavy atom. The van der Waals surface area contributed by atoms with Crippen LogP contribution in [0.3, 0.4) is 0 Å². The minimum atomic E-state index is -0.386. The maximum Gasteiger partial charge on any atom is 0.247 e. The SMILES string of the molecule is COc1ccc(CN2C(=O)CC(N3CCC(C(=O)N4CCCC4)CC3)C2=O)cc1. The number of imide groups is 1. The molecular weight excluding hydrogens is 370 g/mol. The van der Waals surface area contributed by atoms with Crippen LogP contribution in [0, 0.1) is 5.92 Å². The lowest BCUT2D eigenvalue weighted by Crippen LogP contribution is -2.48. The van der Waals surface area contributed by atoms with E-state index in [0.29, 0.717) is 19.6 Å². The van der Waals surface area contributed by atoms with E-state index in [1.165, 1.54) is 4.90 Å². The maximum absolute atomic E-state index is 12.9. The van der Waals surface area contributed by atoms with E-state index in [-0.39, 0.29) is 36.1 Å². The fraction of sp³-hybridized carbons (Fsp3) is 0.591. The lowest BCUT2D eigenvalue weighted by Gasteiger charge is -2.35. The van der Waals surface area contributed by atoms with Crippen molar-refractivity contribution >= 4 is 17.7 Å². The molecule has 29 heavy (non-hydrogen) atoms. The average Bonchev–Trinajstić information content (AvgIpc) is 3.38.